The summed E-state index contributed by atoms with van der Waals surface area (Å²) in [6, 6.07) is 6.89. The van der Waals surface area contributed by atoms with Gasteiger partial charge in [-0.15, -0.1) is 23.2 Å². The summed E-state index contributed by atoms with van der Waals surface area (Å²) in [5.41, 5.74) is -1.32. The summed E-state index contributed by atoms with van der Waals surface area (Å²) >= 11 is 37.2. The van der Waals surface area contributed by atoms with Gasteiger partial charge in [-0.05, 0) is 54.4 Å². The molecule has 0 aromatic heterocycles. The molecule has 4 rings (SSSR count). The number of alkyl halides is 4. The third kappa shape index (κ3) is 6.39. The summed E-state index contributed by atoms with van der Waals surface area (Å²) in [6.07, 6.45) is -3.47. The molecule has 0 aliphatic heterocycles. The lowest BCUT2D eigenvalue weighted by Crippen LogP contribution is -2.22. The molecule has 1 unspecified atom stereocenters. The van der Waals surface area contributed by atoms with Crippen LogP contribution in [0.2, 0.25) is 20.1 Å². The van der Waals surface area contributed by atoms with Crippen molar-refractivity contribution in [2.24, 2.45) is 5.92 Å². The van der Waals surface area contributed by atoms with E-state index in [1.54, 1.807) is 5.32 Å². The minimum atomic E-state index is -3.47. The van der Waals surface area contributed by atoms with Crippen LogP contribution in [0.1, 0.15) is 27.4 Å². The molecule has 0 saturated heterocycles. The third-order valence-corrected chi connectivity index (χ3v) is 8.89. The monoisotopic (exact) mass is 703 g/mol. The molecule has 1 saturated carbocycles. The van der Waals surface area contributed by atoms with Crippen LogP contribution in [0, 0.1) is 24.5 Å². The van der Waals surface area contributed by atoms with Gasteiger partial charge in [-0.3, -0.25) is 14.4 Å². The highest BCUT2D eigenvalue weighted by Crippen LogP contribution is 2.65. The number of hydrogen-bond donors (Lipinski definition) is 3. The van der Waals surface area contributed by atoms with Gasteiger partial charge in [-0.1, -0.05) is 46.4 Å². The molecule has 3 aromatic rings. The highest BCUT2D eigenvalue weighted by Gasteiger charge is 2.67. The van der Waals surface area contributed by atoms with E-state index in [2.05, 4.69) is 5.32 Å². The largest absolute Gasteiger partial charge is 0.326 e. The van der Waals surface area contributed by atoms with Gasteiger partial charge in [0, 0.05) is 11.6 Å². The number of nitrogens with one attached hydrogen (secondary N) is 3. The van der Waals surface area contributed by atoms with Crippen molar-refractivity contribution in [3.8, 4) is 0 Å². The van der Waals surface area contributed by atoms with Gasteiger partial charge in [-0.2, -0.15) is 8.78 Å². The summed E-state index contributed by atoms with van der Waals surface area (Å²) in [5.74, 6) is -8.07. The van der Waals surface area contributed by atoms with Crippen molar-refractivity contribution < 1.29 is 31.9 Å². The van der Waals surface area contributed by atoms with Crippen LogP contribution in [0.25, 0.3) is 0 Å². The summed E-state index contributed by atoms with van der Waals surface area (Å²) in [7, 11) is 0. The Morgan fingerprint density at radius 1 is 0.881 bits per heavy atom. The predicted molar refractivity (Wildman–Crippen MR) is 156 cm³/mol. The molecular weight excluding hydrogens is 691 g/mol. The van der Waals surface area contributed by atoms with Crippen molar-refractivity contribution in [3.63, 3.8) is 0 Å². The van der Waals surface area contributed by atoms with E-state index in [0.717, 1.165) is 6.07 Å². The quantitative estimate of drug-likeness (QED) is 0.130. The molecular formula is C26H15Cl6F4N3O3. The Morgan fingerprint density at radius 2 is 1.50 bits per heavy atom. The van der Waals surface area contributed by atoms with E-state index in [4.69, 9.17) is 69.6 Å². The summed E-state index contributed by atoms with van der Waals surface area (Å²) in [4.78, 5) is 37.4. The van der Waals surface area contributed by atoms with Gasteiger partial charge < -0.3 is 16.0 Å². The zero-order chi connectivity index (χ0) is 31.3. The first kappa shape index (κ1) is 32.4. The molecule has 16 heteroatoms. The second kappa shape index (κ2) is 12.3. The van der Waals surface area contributed by atoms with Crippen LogP contribution in [0.15, 0.2) is 36.4 Å². The molecule has 0 bridgehead atoms. The Labute approximate surface area is 265 Å². The maximum Gasteiger partial charge on any atom is 0.315 e. The van der Waals surface area contributed by atoms with Crippen LogP contribution < -0.4 is 16.0 Å². The first-order valence-corrected chi connectivity index (χ1v) is 13.8. The van der Waals surface area contributed by atoms with Crippen LogP contribution in [-0.4, -0.2) is 28.5 Å². The van der Waals surface area contributed by atoms with E-state index in [1.165, 1.54) is 25.1 Å². The highest BCUT2D eigenvalue weighted by atomic mass is 35.5. The van der Waals surface area contributed by atoms with Gasteiger partial charge in [0.25, 0.3) is 11.8 Å². The first-order valence-electron chi connectivity index (χ1n) is 11.6. The Balaban J connectivity index is 1.57. The first-order chi connectivity index (χ1) is 19.5. The van der Waals surface area contributed by atoms with Crippen LogP contribution in [0.5, 0.6) is 0 Å². The fourth-order valence-electron chi connectivity index (χ4n) is 4.18. The minimum absolute atomic E-state index is 0.0629. The van der Waals surface area contributed by atoms with Crippen LogP contribution in [0.4, 0.5) is 34.6 Å². The standard InChI is InChI=1S/C26H15Cl6F4N3O3/c1-8-4-10(37-24(41)17-16(26(17,31)32)9-5-12(27)19(30)13(28)6-9)7-11(18(8)29)23(40)39-21-14(33)2-3-15(20(21)34)38-25(42)22(35)36/h2-7,16-17,22H,1H3,(H,37,41)(H,38,42)(H,39,40)/t16-,17?/m0/s1. The van der Waals surface area contributed by atoms with Gasteiger partial charge in [0.05, 0.1) is 37.3 Å². The topological polar surface area (TPSA) is 87.3 Å². The van der Waals surface area contributed by atoms with Crippen molar-refractivity contribution in [2.45, 2.75) is 23.6 Å². The number of hydrogen-bond acceptors (Lipinski definition) is 3. The molecule has 0 radical (unpaired) electrons. The SMILES string of the molecule is Cc1cc(NC(=O)C2[C@H](c3cc(Cl)c(Cl)c(Cl)c3)C2(Cl)Cl)cc(C(=O)Nc2c(F)ccc(NC(=O)C(F)F)c2F)c1Cl. The lowest BCUT2D eigenvalue weighted by molar-refractivity contribution is -0.126. The lowest BCUT2D eigenvalue weighted by atomic mass is 10.1. The number of rotatable bonds is 7. The third-order valence-electron chi connectivity index (χ3n) is 6.25. The molecule has 0 heterocycles. The number of aryl methyl sites for hydroxylation is 1. The number of amides is 3. The number of anilines is 3. The zero-order valence-corrected chi connectivity index (χ0v) is 25.2. The Hall–Kier alpha value is -2.47. The smallest absolute Gasteiger partial charge is 0.315 e. The number of benzene rings is 3. The second-order valence-corrected chi connectivity index (χ2v) is 12.1. The number of carbonyl (C=O) groups is 3. The molecule has 42 heavy (non-hydrogen) atoms. The van der Waals surface area contributed by atoms with Gasteiger partial charge in [0.2, 0.25) is 5.91 Å². The maximum absolute atomic E-state index is 14.8. The van der Waals surface area contributed by atoms with Gasteiger partial charge in [0.1, 0.15) is 15.8 Å². The van der Waals surface area contributed by atoms with Crippen molar-refractivity contribution in [2.75, 3.05) is 16.0 Å². The number of carbonyl (C=O) groups excluding carboxylic acids is 3. The fourth-order valence-corrected chi connectivity index (χ4v) is 5.82. The number of halogens is 10. The van der Waals surface area contributed by atoms with E-state index in [9.17, 15) is 31.9 Å². The van der Waals surface area contributed by atoms with Crippen molar-refractivity contribution >= 4 is 104 Å². The molecule has 222 valence electrons. The average Bonchev–Trinajstić information content (AvgIpc) is 3.49. The molecule has 3 aromatic carbocycles. The Morgan fingerprint density at radius 3 is 2.10 bits per heavy atom. The van der Waals surface area contributed by atoms with E-state index in [1.807, 2.05) is 5.32 Å². The van der Waals surface area contributed by atoms with Crippen molar-refractivity contribution in [3.05, 3.63) is 84.8 Å². The molecule has 1 aliphatic rings. The zero-order valence-electron chi connectivity index (χ0n) is 20.7. The summed E-state index contributed by atoms with van der Waals surface area (Å²) in [5, 5.41) is 6.41. The lowest BCUT2D eigenvalue weighted by Gasteiger charge is -2.14. The van der Waals surface area contributed by atoms with Crippen molar-refractivity contribution in [1.29, 1.82) is 0 Å². The minimum Gasteiger partial charge on any atom is -0.326 e. The van der Waals surface area contributed by atoms with Crippen LogP contribution >= 0.6 is 69.6 Å². The maximum atomic E-state index is 14.8. The predicted octanol–water partition coefficient (Wildman–Crippen LogP) is 8.87. The van der Waals surface area contributed by atoms with E-state index in [-0.39, 0.29) is 31.3 Å². The molecule has 6 nitrogen and oxygen atoms in total. The second-order valence-electron chi connectivity index (χ2n) is 9.10. The Kier molecular flexibility index (Phi) is 9.47. The molecule has 1 fully saturated rings. The molecule has 1 aliphatic carbocycles. The highest BCUT2D eigenvalue weighted by molar-refractivity contribution is 6.54. The summed E-state index contributed by atoms with van der Waals surface area (Å²) < 4.78 is 52.8. The van der Waals surface area contributed by atoms with Crippen LogP contribution in [0.3, 0.4) is 0 Å². The van der Waals surface area contributed by atoms with E-state index in [0.29, 0.717) is 23.3 Å². The average molecular weight is 706 g/mol. The van der Waals surface area contributed by atoms with Gasteiger partial charge in [0.15, 0.2) is 5.82 Å². The molecule has 3 amide bonds. The van der Waals surface area contributed by atoms with Crippen LogP contribution in [-0.2, 0) is 9.59 Å². The molecule has 0 spiro atoms. The van der Waals surface area contributed by atoms with Gasteiger partial charge in [-0.25, -0.2) is 8.78 Å². The van der Waals surface area contributed by atoms with E-state index >= 15 is 0 Å². The Bertz CT molecular complexity index is 1620. The summed E-state index contributed by atoms with van der Waals surface area (Å²) in [6.45, 7) is 1.50. The van der Waals surface area contributed by atoms with Crippen molar-refractivity contribution in [1.82, 2.24) is 0 Å². The van der Waals surface area contributed by atoms with Gasteiger partial charge >= 0.3 is 6.43 Å². The molecule has 2 atom stereocenters. The molecule has 3 N–H and O–H groups in total. The fraction of sp³-hybridized carbons (Fsp3) is 0.192. The van der Waals surface area contributed by atoms with E-state index < -0.39 is 63.3 Å². The normalized spacial score (nSPS) is 17.1.